The maximum absolute atomic E-state index is 14.2. The van der Waals surface area contributed by atoms with E-state index in [0.717, 1.165) is 18.4 Å². The number of nitrogens with two attached hydrogens (primary N) is 1. The highest BCUT2D eigenvalue weighted by atomic mass is 79.9. The van der Waals surface area contributed by atoms with Gasteiger partial charge in [0, 0.05) is 17.5 Å². The monoisotopic (exact) mass is 287 g/mol. The molecule has 16 heavy (non-hydrogen) atoms. The minimum Gasteiger partial charge on any atom is -0.496 e. The quantitative estimate of drug-likeness (QED) is 0.928. The highest BCUT2D eigenvalue weighted by Crippen LogP contribution is 2.53. The molecule has 1 aliphatic carbocycles. The van der Waals surface area contributed by atoms with Crippen LogP contribution in [0.25, 0.3) is 0 Å². The van der Waals surface area contributed by atoms with Gasteiger partial charge >= 0.3 is 0 Å². The summed E-state index contributed by atoms with van der Waals surface area (Å²) >= 11 is 3.24. The first kappa shape index (κ1) is 11.9. The molecule has 88 valence electrons. The summed E-state index contributed by atoms with van der Waals surface area (Å²) in [6, 6.07) is 1.74. The van der Waals surface area contributed by atoms with E-state index in [-0.39, 0.29) is 11.2 Å². The minimum atomic E-state index is -0.231. The minimum absolute atomic E-state index is 0.204. The maximum Gasteiger partial charge on any atom is 0.144 e. The third-order valence-electron chi connectivity index (χ3n) is 3.34. The number of halogens is 2. The van der Waals surface area contributed by atoms with E-state index in [2.05, 4.69) is 15.9 Å². The lowest BCUT2D eigenvalue weighted by Gasteiger charge is -2.20. The van der Waals surface area contributed by atoms with E-state index < -0.39 is 0 Å². The fourth-order valence-electron chi connectivity index (χ4n) is 2.18. The molecule has 0 heterocycles. The topological polar surface area (TPSA) is 35.2 Å². The summed E-state index contributed by atoms with van der Waals surface area (Å²) in [6.07, 6.45) is 1.87. The van der Waals surface area contributed by atoms with Crippen molar-refractivity contribution in [3.63, 3.8) is 0 Å². The molecule has 1 aromatic carbocycles. The van der Waals surface area contributed by atoms with Gasteiger partial charge in [0.2, 0.25) is 0 Å². The lowest BCUT2D eigenvalue weighted by molar-refractivity contribution is 0.393. The van der Waals surface area contributed by atoms with Crippen LogP contribution in [0.2, 0.25) is 0 Å². The van der Waals surface area contributed by atoms with Gasteiger partial charge in [-0.05, 0) is 47.3 Å². The standard InChI is InChI=1S/C12H15BrFNO/c1-7-5-8(13)10(14)9(11(7)16-2)12(6-15)3-4-12/h5H,3-4,6,15H2,1-2H3. The second-order valence-corrected chi connectivity index (χ2v) is 5.24. The van der Waals surface area contributed by atoms with Gasteiger partial charge in [0.15, 0.2) is 0 Å². The Hall–Kier alpha value is -0.610. The lowest BCUT2D eigenvalue weighted by atomic mass is 9.92. The van der Waals surface area contributed by atoms with Gasteiger partial charge in [0.05, 0.1) is 11.6 Å². The Morgan fingerprint density at radius 2 is 2.19 bits per heavy atom. The Balaban J connectivity index is 2.66. The SMILES string of the molecule is COc1c(C)cc(Br)c(F)c1C1(CN)CC1. The summed E-state index contributed by atoms with van der Waals surface area (Å²) in [5, 5.41) is 0. The number of hydrogen-bond acceptors (Lipinski definition) is 2. The molecule has 0 aliphatic heterocycles. The molecule has 0 unspecified atom stereocenters. The molecule has 2 nitrogen and oxygen atoms in total. The van der Waals surface area contributed by atoms with Crippen LogP contribution >= 0.6 is 15.9 Å². The Morgan fingerprint density at radius 3 is 2.62 bits per heavy atom. The van der Waals surface area contributed by atoms with Crippen LogP contribution in [-0.4, -0.2) is 13.7 Å². The van der Waals surface area contributed by atoms with Crippen molar-refractivity contribution in [3.05, 3.63) is 27.5 Å². The van der Waals surface area contributed by atoms with Crippen LogP contribution in [0.15, 0.2) is 10.5 Å². The zero-order chi connectivity index (χ0) is 11.9. The number of ether oxygens (including phenoxy) is 1. The first-order chi connectivity index (χ1) is 7.55. The second kappa shape index (κ2) is 4.00. The van der Waals surface area contributed by atoms with E-state index in [1.807, 2.05) is 6.92 Å². The number of aryl methyl sites for hydroxylation is 1. The maximum atomic E-state index is 14.2. The van der Waals surface area contributed by atoms with E-state index in [9.17, 15) is 4.39 Å². The van der Waals surface area contributed by atoms with Crippen molar-refractivity contribution in [2.24, 2.45) is 5.73 Å². The number of methoxy groups -OCH3 is 1. The van der Waals surface area contributed by atoms with Gasteiger partial charge in [-0.1, -0.05) is 0 Å². The van der Waals surface area contributed by atoms with E-state index >= 15 is 0 Å². The molecule has 1 saturated carbocycles. The number of hydrogen-bond donors (Lipinski definition) is 1. The molecule has 1 aliphatic rings. The van der Waals surface area contributed by atoms with Crippen LogP contribution in [0.1, 0.15) is 24.0 Å². The molecule has 2 N–H and O–H groups in total. The normalized spacial score (nSPS) is 17.3. The Kier molecular flexibility index (Phi) is 2.97. The molecule has 2 rings (SSSR count). The van der Waals surface area contributed by atoms with Gasteiger partial charge in [-0.15, -0.1) is 0 Å². The molecule has 0 spiro atoms. The van der Waals surface area contributed by atoms with Gasteiger partial charge in [-0.25, -0.2) is 4.39 Å². The third kappa shape index (κ3) is 1.64. The molecular formula is C12H15BrFNO. The van der Waals surface area contributed by atoms with Crippen LogP contribution in [-0.2, 0) is 5.41 Å². The highest BCUT2D eigenvalue weighted by Gasteiger charge is 2.47. The van der Waals surface area contributed by atoms with Crippen molar-refractivity contribution >= 4 is 15.9 Å². The molecule has 0 aromatic heterocycles. The zero-order valence-corrected chi connectivity index (χ0v) is 11.0. The largest absolute Gasteiger partial charge is 0.496 e. The number of benzene rings is 1. The van der Waals surface area contributed by atoms with Gasteiger partial charge in [-0.2, -0.15) is 0 Å². The fourth-order valence-corrected chi connectivity index (χ4v) is 2.72. The predicted octanol–water partition coefficient (Wildman–Crippen LogP) is 2.90. The fraction of sp³-hybridized carbons (Fsp3) is 0.500. The zero-order valence-electron chi connectivity index (χ0n) is 9.44. The summed E-state index contributed by atoms with van der Waals surface area (Å²) < 4.78 is 20.0. The molecular weight excluding hydrogens is 273 g/mol. The predicted molar refractivity (Wildman–Crippen MR) is 65.4 cm³/mol. The van der Waals surface area contributed by atoms with Crippen molar-refractivity contribution in [1.29, 1.82) is 0 Å². The summed E-state index contributed by atoms with van der Waals surface area (Å²) in [4.78, 5) is 0. The Morgan fingerprint density at radius 1 is 1.56 bits per heavy atom. The molecule has 0 atom stereocenters. The summed E-state index contributed by atoms with van der Waals surface area (Å²) in [5.41, 5.74) is 7.13. The van der Waals surface area contributed by atoms with Gasteiger partial charge in [0.1, 0.15) is 11.6 Å². The molecule has 1 aromatic rings. The molecule has 0 bridgehead atoms. The van der Waals surface area contributed by atoms with Crippen LogP contribution in [0.3, 0.4) is 0 Å². The Bertz CT molecular complexity index is 430. The van der Waals surface area contributed by atoms with E-state index in [0.29, 0.717) is 22.3 Å². The molecule has 0 radical (unpaired) electrons. The number of rotatable bonds is 3. The van der Waals surface area contributed by atoms with Crippen molar-refractivity contribution < 1.29 is 9.13 Å². The molecule has 0 amide bonds. The first-order valence-electron chi connectivity index (χ1n) is 5.29. The average molecular weight is 288 g/mol. The molecule has 4 heteroatoms. The second-order valence-electron chi connectivity index (χ2n) is 4.38. The van der Waals surface area contributed by atoms with Crippen LogP contribution in [0.5, 0.6) is 5.75 Å². The summed E-state index contributed by atoms with van der Waals surface area (Å²) in [6.45, 7) is 2.38. The van der Waals surface area contributed by atoms with Crippen molar-refractivity contribution in [3.8, 4) is 5.75 Å². The van der Waals surface area contributed by atoms with Crippen molar-refractivity contribution in [1.82, 2.24) is 0 Å². The van der Waals surface area contributed by atoms with E-state index in [4.69, 9.17) is 10.5 Å². The van der Waals surface area contributed by atoms with Gasteiger partial charge < -0.3 is 10.5 Å². The summed E-state index contributed by atoms with van der Waals surface area (Å²) in [7, 11) is 1.58. The highest BCUT2D eigenvalue weighted by molar-refractivity contribution is 9.10. The first-order valence-corrected chi connectivity index (χ1v) is 6.08. The lowest BCUT2D eigenvalue weighted by Crippen LogP contribution is -2.22. The average Bonchev–Trinajstić information content (AvgIpc) is 3.03. The van der Waals surface area contributed by atoms with E-state index in [1.165, 1.54) is 0 Å². The summed E-state index contributed by atoms with van der Waals surface area (Å²) in [5.74, 6) is 0.411. The van der Waals surface area contributed by atoms with Crippen LogP contribution in [0.4, 0.5) is 4.39 Å². The molecule has 1 fully saturated rings. The van der Waals surface area contributed by atoms with Gasteiger partial charge in [0.25, 0.3) is 0 Å². The van der Waals surface area contributed by atoms with Crippen molar-refractivity contribution in [2.75, 3.05) is 13.7 Å². The van der Waals surface area contributed by atoms with Crippen LogP contribution < -0.4 is 10.5 Å². The molecule has 0 saturated heterocycles. The third-order valence-corrected chi connectivity index (χ3v) is 3.91. The Labute approximate surface area is 103 Å². The van der Waals surface area contributed by atoms with Crippen LogP contribution in [0, 0.1) is 12.7 Å². The smallest absolute Gasteiger partial charge is 0.144 e. The van der Waals surface area contributed by atoms with E-state index in [1.54, 1.807) is 13.2 Å². The van der Waals surface area contributed by atoms with Gasteiger partial charge in [-0.3, -0.25) is 0 Å². The van der Waals surface area contributed by atoms with Crippen molar-refractivity contribution in [2.45, 2.75) is 25.2 Å².